The average molecular weight is 525 g/mol. The second-order valence-corrected chi connectivity index (χ2v) is 8.15. The number of aromatic nitrogens is 4. The van der Waals surface area contributed by atoms with Crippen LogP contribution in [0.4, 0.5) is 0 Å². The minimum atomic E-state index is -1.21. The quantitative estimate of drug-likeness (QED) is 0.298. The van der Waals surface area contributed by atoms with Crippen LogP contribution in [0.3, 0.4) is 0 Å². The van der Waals surface area contributed by atoms with Crippen molar-refractivity contribution in [2.24, 2.45) is 11.5 Å². The van der Waals surface area contributed by atoms with Crippen LogP contribution in [0.25, 0.3) is 22.1 Å². The Balaban J connectivity index is 0.000000234. The number of carbonyl (C=O) groups is 2. The molecular formula is C26H32N6O6. The maximum Gasteiger partial charge on any atom is 0.341 e. The number of aryl methyl sites for hydroxylation is 4. The van der Waals surface area contributed by atoms with E-state index in [9.17, 15) is 19.2 Å². The molecule has 4 heterocycles. The van der Waals surface area contributed by atoms with Crippen LogP contribution in [0.1, 0.15) is 46.0 Å². The zero-order valence-electron chi connectivity index (χ0n) is 21.8. The predicted octanol–water partition coefficient (Wildman–Crippen LogP) is 1.75. The van der Waals surface area contributed by atoms with Gasteiger partial charge in [-0.25, -0.2) is 19.6 Å². The molecule has 202 valence electrons. The van der Waals surface area contributed by atoms with E-state index in [1.807, 2.05) is 27.7 Å². The lowest BCUT2D eigenvalue weighted by Crippen LogP contribution is -2.19. The molecule has 0 radical (unpaired) electrons. The number of carboxylic acids is 2. The zero-order valence-corrected chi connectivity index (χ0v) is 21.8. The molecule has 0 saturated carbocycles. The van der Waals surface area contributed by atoms with Crippen molar-refractivity contribution in [2.75, 3.05) is 13.1 Å². The normalized spacial score (nSPS) is 10.4. The predicted molar refractivity (Wildman–Crippen MR) is 145 cm³/mol. The van der Waals surface area contributed by atoms with E-state index >= 15 is 0 Å². The van der Waals surface area contributed by atoms with Crippen LogP contribution in [-0.2, 0) is 13.1 Å². The summed E-state index contributed by atoms with van der Waals surface area (Å²) >= 11 is 0. The van der Waals surface area contributed by atoms with Crippen molar-refractivity contribution in [1.82, 2.24) is 19.1 Å². The van der Waals surface area contributed by atoms with Crippen molar-refractivity contribution in [3.63, 3.8) is 0 Å². The fourth-order valence-corrected chi connectivity index (χ4v) is 3.51. The van der Waals surface area contributed by atoms with Crippen molar-refractivity contribution in [1.29, 1.82) is 0 Å². The molecule has 0 aromatic carbocycles. The van der Waals surface area contributed by atoms with Gasteiger partial charge in [-0.2, -0.15) is 0 Å². The second-order valence-electron chi connectivity index (χ2n) is 8.15. The molecule has 0 atom stereocenters. The Labute approximate surface area is 218 Å². The summed E-state index contributed by atoms with van der Waals surface area (Å²) in [4.78, 5) is 54.3. The number of nitrogens with zero attached hydrogens (tertiary/aromatic N) is 4. The second kappa shape index (κ2) is 13.2. The summed E-state index contributed by atoms with van der Waals surface area (Å²) < 4.78 is 3.35. The van der Waals surface area contributed by atoms with Gasteiger partial charge in [0.15, 0.2) is 0 Å². The molecule has 0 fully saturated rings. The molecule has 4 aromatic heterocycles. The third-order valence-electron chi connectivity index (χ3n) is 5.43. The average Bonchev–Trinajstić information content (AvgIpc) is 2.89. The fourth-order valence-electron chi connectivity index (χ4n) is 3.51. The van der Waals surface area contributed by atoms with E-state index in [4.69, 9.17) is 21.7 Å². The molecular weight excluding hydrogens is 492 g/mol. The Morgan fingerprint density at radius 1 is 0.737 bits per heavy atom. The van der Waals surface area contributed by atoms with Crippen molar-refractivity contribution < 1.29 is 19.8 Å². The zero-order chi connectivity index (χ0) is 28.6. The van der Waals surface area contributed by atoms with Gasteiger partial charge in [0, 0.05) is 50.0 Å². The van der Waals surface area contributed by atoms with Gasteiger partial charge in [0.05, 0.1) is 10.8 Å². The van der Waals surface area contributed by atoms with Gasteiger partial charge >= 0.3 is 11.9 Å². The van der Waals surface area contributed by atoms with Crippen molar-refractivity contribution in [3.8, 4) is 0 Å². The summed E-state index contributed by atoms with van der Waals surface area (Å²) in [6, 6.07) is 6.65. The van der Waals surface area contributed by atoms with Crippen LogP contribution in [0.15, 0.2) is 46.2 Å². The molecule has 0 aliphatic carbocycles. The first-order valence-corrected chi connectivity index (χ1v) is 11.9. The summed E-state index contributed by atoms with van der Waals surface area (Å²) in [6.45, 7) is 9.73. The van der Waals surface area contributed by atoms with Crippen LogP contribution in [-0.4, -0.2) is 54.3 Å². The number of aromatic carboxylic acids is 2. The fraction of sp³-hybridized carbons (Fsp3) is 0.308. The highest BCUT2D eigenvalue weighted by Gasteiger charge is 2.15. The van der Waals surface area contributed by atoms with E-state index < -0.39 is 22.8 Å². The highest BCUT2D eigenvalue weighted by molar-refractivity contribution is 5.92. The molecule has 4 aromatic rings. The van der Waals surface area contributed by atoms with Gasteiger partial charge in [-0.1, -0.05) is 0 Å². The molecule has 38 heavy (non-hydrogen) atoms. The first-order valence-electron chi connectivity index (χ1n) is 11.9. The highest BCUT2D eigenvalue weighted by Crippen LogP contribution is 2.12. The van der Waals surface area contributed by atoms with Crippen molar-refractivity contribution >= 4 is 34.0 Å². The van der Waals surface area contributed by atoms with Gasteiger partial charge in [-0.05, 0) is 52.0 Å². The van der Waals surface area contributed by atoms with E-state index in [0.717, 1.165) is 11.4 Å². The van der Waals surface area contributed by atoms with E-state index in [1.54, 1.807) is 33.4 Å². The lowest BCUT2D eigenvalue weighted by atomic mass is 10.2. The van der Waals surface area contributed by atoms with E-state index in [0.29, 0.717) is 48.2 Å². The number of rotatable bonds is 5. The molecule has 0 amide bonds. The molecule has 6 N–H and O–H groups in total. The maximum absolute atomic E-state index is 11.9. The molecule has 12 nitrogen and oxygen atoms in total. The van der Waals surface area contributed by atoms with Crippen LogP contribution in [0.5, 0.6) is 0 Å². The molecule has 0 unspecified atom stereocenters. The van der Waals surface area contributed by atoms with Gasteiger partial charge in [-0.3, -0.25) is 9.59 Å². The lowest BCUT2D eigenvalue weighted by molar-refractivity contribution is 0.0684. The Bertz CT molecular complexity index is 1470. The number of pyridine rings is 4. The summed E-state index contributed by atoms with van der Waals surface area (Å²) in [5.41, 5.74) is 11.1. The minimum absolute atomic E-state index is 0.218. The summed E-state index contributed by atoms with van der Waals surface area (Å²) in [5.74, 6) is -2.42. The van der Waals surface area contributed by atoms with Gasteiger partial charge < -0.3 is 30.8 Å². The van der Waals surface area contributed by atoms with Gasteiger partial charge in [0.2, 0.25) is 10.9 Å². The van der Waals surface area contributed by atoms with E-state index in [1.165, 1.54) is 12.4 Å². The van der Waals surface area contributed by atoms with Crippen LogP contribution >= 0.6 is 0 Å². The third-order valence-corrected chi connectivity index (χ3v) is 5.43. The molecule has 0 saturated heterocycles. The maximum atomic E-state index is 11.9. The highest BCUT2D eigenvalue weighted by atomic mass is 16.4. The Kier molecular flexibility index (Phi) is 10.4. The van der Waals surface area contributed by atoms with Crippen molar-refractivity contribution in [2.45, 2.75) is 40.8 Å². The molecule has 4 rings (SSSR count). The van der Waals surface area contributed by atoms with E-state index in [2.05, 4.69) is 9.97 Å². The van der Waals surface area contributed by atoms with Crippen LogP contribution < -0.4 is 22.3 Å². The smallest absolute Gasteiger partial charge is 0.341 e. The third kappa shape index (κ3) is 6.66. The van der Waals surface area contributed by atoms with Crippen LogP contribution in [0.2, 0.25) is 0 Å². The van der Waals surface area contributed by atoms with Gasteiger partial charge in [-0.15, -0.1) is 0 Å². The first-order chi connectivity index (χ1) is 18.0. The molecule has 0 aliphatic heterocycles. The van der Waals surface area contributed by atoms with Gasteiger partial charge in [0.1, 0.15) is 22.4 Å². The first kappa shape index (κ1) is 29.8. The number of fused-ring (bicyclic) bond motifs is 2. The Hall–Kier alpha value is -4.42. The molecule has 0 spiro atoms. The molecule has 0 aliphatic rings. The largest absolute Gasteiger partial charge is 0.477 e. The summed E-state index contributed by atoms with van der Waals surface area (Å²) in [5, 5.41) is 18.6. The van der Waals surface area contributed by atoms with Gasteiger partial charge in [0.25, 0.3) is 0 Å². The Morgan fingerprint density at radius 3 is 1.34 bits per heavy atom. The van der Waals surface area contributed by atoms with Crippen molar-refractivity contribution in [3.05, 3.63) is 79.6 Å². The SMILES string of the molecule is CCn1cc(C(=O)O)c(=O)c2ccc(C)nc21.CCn1cc(C(=O)O)c(=O)c2ccc(C)nc21.NCCN. The number of hydrogen-bond acceptors (Lipinski definition) is 8. The monoisotopic (exact) mass is 524 g/mol. The Morgan fingerprint density at radius 2 is 1.08 bits per heavy atom. The minimum Gasteiger partial charge on any atom is -0.477 e. The summed E-state index contributed by atoms with van der Waals surface area (Å²) in [6.07, 6.45) is 2.69. The lowest BCUT2D eigenvalue weighted by Gasteiger charge is -2.09. The number of nitrogens with two attached hydrogens (primary N) is 2. The summed E-state index contributed by atoms with van der Waals surface area (Å²) in [7, 11) is 0. The van der Waals surface area contributed by atoms with E-state index in [-0.39, 0.29) is 11.1 Å². The molecule has 12 heteroatoms. The number of hydrogen-bond donors (Lipinski definition) is 4. The standard InChI is InChI=1S/2C12H12N2O3.C2H8N2/c2*1-3-14-6-9(12(16)17)10(15)8-5-4-7(2)13-11(8)14;3-1-2-4/h2*4-6H,3H2,1-2H3,(H,16,17);1-4H2. The number of carboxylic acid groups (broad SMARTS) is 2. The topological polar surface area (TPSA) is 196 Å². The van der Waals surface area contributed by atoms with Crippen LogP contribution in [0, 0.1) is 13.8 Å². The molecule has 0 bridgehead atoms.